The second-order valence-electron chi connectivity index (χ2n) is 6.80. The van der Waals surface area contributed by atoms with Gasteiger partial charge in [-0.25, -0.2) is 19.4 Å². The molecule has 0 aliphatic carbocycles. The molecular formula is C20H24FN5O3. The molecule has 1 amide bonds. The summed E-state index contributed by atoms with van der Waals surface area (Å²) in [4.78, 5) is 21.2. The average molecular weight is 401 g/mol. The predicted octanol–water partition coefficient (Wildman–Crippen LogP) is 3.73. The van der Waals surface area contributed by atoms with E-state index >= 15 is 0 Å². The van der Waals surface area contributed by atoms with E-state index in [0.29, 0.717) is 29.3 Å². The fourth-order valence-electron chi connectivity index (χ4n) is 3.22. The topological polar surface area (TPSA) is 89.8 Å². The molecule has 0 unspecified atom stereocenters. The Hall–Kier alpha value is -3.20. The number of hydroxylamine groups is 1. The molecule has 3 rings (SSSR count). The van der Waals surface area contributed by atoms with Gasteiger partial charge in [-0.3, -0.25) is 9.63 Å². The third-order valence-corrected chi connectivity index (χ3v) is 4.46. The van der Waals surface area contributed by atoms with E-state index in [9.17, 15) is 9.18 Å². The number of anilines is 2. The van der Waals surface area contributed by atoms with Crippen molar-refractivity contribution in [3.05, 3.63) is 47.2 Å². The summed E-state index contributed by atoms with van der Waals surface area (Å²) in [6, 6.07) is 2.72. The molecule has 0 saturated heterocycles. The van der Waals surface area contributed by atoms with Crippen LogP contribution in [0.1, 0.15) is 48.2 Å². The summed E-state index contributed by atoms with van der Waals surface area (Å²) < 4.78 is 22.1. The van der Waals surface area contributed by atoms with Crippen LogP contribution in [-0.2, 0) is 4.84 Å². The second-order valence-corrected chi connectivity index (χ2v) is 6.80. The Labute approximate surface area is 168 Å². The van der Waals surface area contributed by atoms with Gasteiger partial charge in [0.2, 0.25) is 0 Å². The average Bonchev–Trinajstić information content (AvgIpc) is 3.03. The van der Waals surface area contributed by atoms with Gasteiger partial charge in [0, 0.05) is 11.1 Å². The molecular weight excluding hydrogens is 377 g/mol. The summed E-state index contributed by atoms with van der Waals surface area (Å²) in [7, 11) is 1.34. The normalized spacial score (nSPS) is 11.1. The van der Waals surface area contributed by atoms with E-state index in [4.69, 9.17) is 4.74 Å². The molecule has 0 spiro atoms. The zero-order valence-electron chi connectivity index (χ0n) is 17.0. The van der Waals surface area contributed by atoms with Crippen LogP contribution in [0.4, 0.5) is 15.9 Å². The van der Waals surface area contributed by atoms with Crippen molar-refractivity contribution in [2.24, 2.45) is 0 Å². The minimum absolute atomic E-state index is 0.117. The summed E-state index contributed by atoms with van der Waals surface area (Å²) in [6.07, 6.45) is 3.16. The maximum absolute atomic E-state index is 14.7. The lowest BCUT2D eigenvalue weighted by atomic mass is 10.0. The number of nitrogens with zero attached hydrogens (tertiary/aromatic N) is 3. The molecule has 2 N–H and O–H groups in total. The first-order chi connectivity index (χ1) is 13.9. The van der Waals surface area contributed by atoms with Gasteiger partial charge in [-0.15, -0.1) is 0 Å². The lowest BCUT2D eigenvalue weighted by molar-refractivity contribution is 0.0537. The van der Waals surface area contributed by atoms with Gasteiger partial charge >= 0.3 is 0 Å². The predicted molar refractivity (Wildman–Crippen MR) is 107 cm³/mol. The Bertz CT molecular complexity index is 1050. The highest BCUT2D eigenvalue weighted by Crippen LogP contribution is 2.36. The van der Waals surface area contributed by atoms with Crippen molar-refractivity contribution in [2.45, 2.75) is 33.6 Å². The van der Waals surface area contributed by atoms with Crippen LogP contribution in [0.15, 0.2) is 24.7 Å². The Morgan fingerprint density at radius 1 is 1.34 bits per heavy atom. The Morgan fingerprint density at radius 2 is 2.10 bits per heavy atom. The molecule has 8 nitrogen and oxygen atoms in total. The molecule has 0 aliphatic rings. The number of amides is 1. The van der Waals surface area contributed by atoms with Crippen LogP contribution in [0.2, 0.25) is 0 Å². The van der Waals surface area contributed by atoms with E-state index in [-0.39, 0.29) is 17.2 Å². The zero-order chi connectivity index (χ0) is 21.1. The Balaban J connectivity index is 2.11. The molecule has 0 aliphatic heterocycles. The van der Waals surface area contributed by atoms with Gasteiger partial charge in [-0.05, 0) is 37.5 Å². The van der Waals surface area contributed by atoms with Crippen molar-refractivity contribution in [1.29, 1.82) is 0 Å². The van der Waals surface area contributed by atoms with E-state index in [0.717, 1.165) is 5.56 Å². The molecule has 29 heavy (non-hydrogen) atoms. The first-order valence-electron chi connectivity index (χ1n) is 9.26. The monoisotopic (exact) mass is 401 g/mol. The van der Waals surface area contributed by atoms with Crippen LogP contribution >= 0.6 is 0 Å². The summed E-state index contributed by atoms with van der Waals surface area (Å²) in [5.41, 5.74) is 4.74. The molecule has 9 heteroatoms. The van der Waals surface area contributed by atoms with Crippen LogP contribution in [-0.4, -0.2) is 34.2 Å². The highest BCUT2D eigenvalue weighted by molar-refractivity contribution is 5.96. The molecule has 0 saturated carbocycles. The van der Waals surface area contributed by atoms with Crippen molar-refractivity contribution in [2.75, 3.05) is 19.0 Å². The zero-order valence-corrected chi connectivity index (χ0v) is 17.0. The number of ether oxygens (including phenoxy) is 1. The van der Waals surface area contributed by atoms with Crippen LogP contribution in [0.5, 0.6) is 5.75 Å². The van der Waals surface area contributed by atoms with Crippen LogP contribution in [0.3, 0.4) is 0 Å². The molecule has 2 aromatic heterocycles. The number of rotatable bonds is 7. The maximum Gasteiger partial charge on any atom is 0.275 e. The highest BCUT2D eigenvalue weighted by atomic mass is 19.1. The van der Waals surface area contributed by atoms with E-state index in [1.807, 2.05) is 20.8 Å². The van der Waals surface area contributed by atoms with Crippen molar-refractivity contribution in [1.82, 2.24) is 20.1 Å². The van der Waals surface area contributed by atoms with Crippen LogP contribution in [0.25, 0.3) is 5.52 Å². The molecule has 0 fully saturated rings. The van der Waals surface area contributed by atoms with Crippen LogP contribution in [0, 0.1) is 12.7 Å². The number of aromatic nitrogens is 3. The first-order valence-corrected chi connectivity index (χ1v) is 9.26. The summed E-state index contributed by atoms with van der Waals surface area (Å²) in [5, 5.41) is 7.25. The molecule has 3 aromatic rings. The minimum Gasteiger partial charge on any atom is -0.492 e. The standard InChI is InChI=1S/C20H24FN5O3/c1-6-29-16-9-26-18(17(16)11(2)3)19(22-10-23-26)24-15-8-13(20(27)25-28-5)12(4)7-14(15)21/h7-11H,6H2,1-5H3,(H,25,27)(H,22,23,24). The van der Waals surface area contributed by atoms with Crippen molar-refractivity contribution >= 4 is 22.9 Å². The SMILES string of the molecule is CCOc1cn2ncnc(Nc3cc(C(=O)NOC)c(C)cc3F)c2c1C(C)C. The molecule has 154 valence electrons. The number of hydrogen-bond acceptors (Lipinski definition) is 6. The number of carbonyl (C=O) groups excluding carboxylic acids is 1. The smallest absolute Gasteiger partial charge is 0.275 e. The first kappa shape index (κ1) is 20.5. The molecule has 0 bridgehead atoms. The van der Waals surface area contributed by atoms with E-state index < -0.39 is 11.7 Å². The lowest BCUT2D eigenvalue weighted by Gasteiger charge is -2.14. The third-order valence-electron chi connectivity index (χ3n) is 4.46. The van der Waals surface area contributed by atoms with Gasteiger partial charge in [0.05, 0.1) is 25.6 Å². The van der Waals surface area contributed by atoms with E-state index in [1.54, 1.807) is 17.6 Å². The van der Waals surface area contributed by atoms with Gasteiger partial charge < -0.3 is 10.1 Å². The van der Waals surface area contributed by atoms with Gasteiger partial charge in [0.1, 0.15) is 23.4 Å². The number of nitrogens with one attached hydrogen (secondary N) is 2. The minimum atomic E-state index is -0.504. The highest BCUT2D eigenvalue weighted by Gasteiger charge is 2.21. The van der Waals surface area contributed by atoms with E-state index in [2.05, 4.69) is 25.7 Å². The summed E-state index contributed by atoms with van der Waals surface area (Å²) in [5.74, 6) is 0.270. The number of fused-ring (bicyclic) bond motifs is 1. The summed E-state index contributed by atoms with van der Waals surface area (Å²) >= 11 is 0. The summed E-state index contributed by atoms with van der Waals surface area (Å²) in [6.45, 7) is 8.14. The Kier molecular flexibility index (Phi) is 5.97. The molecule has 1 aromatic carbocycles. The van der Waals surface area contributed by atoms with Crippen LogP contribution < -0.4 is 15.5 Å². The lowest BCUT2D eigenvalue weighted by Crippen LogP contribution is -2.23. The molecule has 0 radical (unpaired) electrons. The van der Waals surface area contributed by atoms with Gasteiger partial charge in [-0.1, -0.05) is 13.8 Å². The second kappa shape index (κ2) is 8.44. The number of hydrogen-bond donors (Lipinski definition) is 2. The fourth-order valence-corrected chi connectivity index (χ4v) is 3.22. The third kappa shape index (κ3) is 4.00. The largest absolute Gasteiger partial charge is 0.492 e. The molecule has 0 atom stereocenters. The number of aryl methyl sites for hydroxylation is 1. The number of benzene rings is 1. The van der Waals surface area contributed by atoms with Gasteiger partial charge in [-0.2, -0.15) is 5.10 Å². The number of halogens is 1. The number of carbonyl (C=O) groups is 1. The van der Waals surface area contributed by atoms with Crippen molar-refractivity contribution in [3.8, 4) is 5.75 Å². The quantitative estimate of drug-likeness (QED) is 0.587. The van der Waals surface area contributed by atoms with Gasteiger partial charge in [0.15, 0.2) is 5.82 Å². The maximum atomic E-state index is 14.7. The van der Waals surface area contributed by atoms with E-state index in [1.165, 1.54) is 25.6 Å². The van der Waals surface area contributed by atoms with Crippen molar-refractivity contribution < 1.29 is 18.8 Å². The molecule has 2 heterocycles. The Morgan fingerprint density at radius 3 is 2.76 bits per heavy atom. The van der Waals surface area contributed by atoms with Gasteiger partial charge in [0.25, 0.3) is 5.91 Å². The van der Waals surface area contributed by atoms with Crippen molar-refractivity contribution in [3.63, 3.8) is 0 Å². The fraction of sp³-hybridized carbons (Fsp3) is 0.350.